The van der Waals surface area contributed by atoms with Gasteiger partial charge >= 0.3 is 5.69 Å². The highest BCUT2D eigenvalue weighted by molar-refractivity contribution is 9.10. The van der Waals surface area contributed by atoms with E-state index in [1.165, 1.54) is 16.2 Å². The van der Waals surface area contributed by atoms with E-state index in [4.69, 9.17) is 9.47 Å². The number of methoxy groups -OCH3 is 1. The van der Waals surface area contributed by atoms with Gasteiger partial charge in [-0.15, -0.1) is 0 Å². The quantitative estimate of drug-likeness (QED) is 0.332. The first kappa shape index (κ1) is 24.0. The van der Waals surface area contributed by atoms with Crippen LogP contribution in [0.2, 0.25) is 0 Å². The molecule has 0 fully saturated rings. The van der Waals surface area contributed by atoms with Gasteiger partial charge in [0.1, 0.15) is 9.84 Å². The van der Waals surface area contributed by atoms with Crippen LogP contribution < -0.4 is 15.2 Å². The van der Waals surface area contributed by atoms with Crippen molar-refractivity contribution in [3.05, 3.63) is 81.3 Å². The number of benzene rings is 2. The van der Waals surface area contributed by atoms with Crippen molar-refractivity contribution in [2.75, 3.05) is 25.7 Å². The van der Waals surface area contributed by atoms with Crippen molar-refractivity contribution in [3.8, 4) is 17.2 Å². The number of ether oxygens (including phenoxy) is 2. The molecule has 2 aromatic heterocycles. The standard InChI is InChI=1S/C24H24BrN3O5S/c1-4-33-22-12-16(10-11-21(22)32-2)20(15-34(3,30)31)28-23-19(13-17(25)14-26-23)27(24(28)29)18-8-6-5-7-9-18/h5-14,20H,4,15H2,1-3H3. The van der Waals surface area contributed by atoms with Crippen LogP contribution in [0.5, 0.6) is 11.5 Å². The summed E-state index contributed by atoms with van der Waals surface area (Å²) in [7, 11) is -1.95. The predicted molar refractivity (Wildman–Crippen MR) is 135 cm³/mol. The molecule has 4 rings (SSSR count). The molecule has 0 saturated heterocycles. The lowest BCUT2D eigenvalue weighted by atomic mass is 10.1. The molecule has 0 amide bonds. The molecule has 1 atom stereocenters. The SMILES string of the molecule is CCOc1cc(C(CS(C)(=O)=O)n2c(=O)n(-c3ccccc3)c3cc(Br)cnc32)ccc1OC. The third-order valence-corrected chi connectivity index (χ3v) is 6.69. The molecule has 0 bridgehead atoms. The van der Waals surface area contributed by atoms with Gasteiger partial charge in [-0.05, 0) is 58.7 Å². The highest BCUT2D eigenvalue weighted by Gasteiger charge is 2.28. The molecule has 10 heteroatoms. The van der Waals surface area contributed by atoms with Gasteiger partial charge in [-0.1, -0.05) is 24.3 Å². The van der Waals surface area contributed by atoms with Crippen LogP contribution in [0.4, 0.5) is 0 Å². The van der Waals surface area contributed by atoms with E-state index in [9.17, 15) is 13.2 Å². The lowest BCUT2D eigenvalue weighted by molar-refractivity contribution is 0.310. The fraction of sp³-hybridized carbons (Fsp3) is 0.250. The summed E-state index contributed by atoms with van der Waals surface area (Å²) in [6.07, 6.45) is 2.74. The van der Waals surface area contributed by atoms with E-state index >= 15 is 0 Å². The Labute approximate surface area is 205 Å². The molecule has 4 aromatic rings. The number of pyridine rings is 1. The van der Waals surface area contributed by atoms with E-state index in [1.807, 2.05) is 37.3 Å². The average molecular weight is 546 g/mol. The summed E-state index contributed by atoms with van der Waals surface area (Å²) in [5, 5.41) is 0. The second kappa shape index (κ2) is 9.63. The molecule has 8 nitrogen and oxygen atoms in total. The highest BCUT2D eigenvalue weighted by atomic mass is 79.9. The van der Waals surface area contributed by atoms with Crippen molar-refractivity contribution >= 4 is 36.9 Å². The number of sulfone groups is 1. The van der Waals surface area contributed by atoms with E-state index in [1.54, 1.807) is 30.5 Å². The van der Waals surface area contributed by atoms with Gasteiger partial charge in [0.15, 0.2) is 17.1 Å². The molecule has 1 unspecified atom stereocenters. The third kappa shape index (κ3) is 4.74. The first-order valence-corrected chi connectivity index (χ1v) is 13.4. The van der Waals surface area contributed by atoms with Crippen molar-refractivity contribution in [1.29, 1.82) is 0 Å². The summed E-state index contributed by atoms with van der Waals surface area (Å²) >= 11 is 3.43. The molecule has 0 N–H and O–H groups in total. The molecule has 0 saturated carbocycles. The maximum absolute atomic E-state index is 13.9. The molecule has 34 heavy (non-hydrogen) atoms. The Morgan fingerprint density at radius 2 is 1.82 bits per heavy atom. The van der Waals surface area contributed by atoms with Crippen LogP contribution in [0.25, 0.3) is 16.9 Å². The summed E-state index contributed by atoms with van der Waals surface area (Å²) in [6, 6.07) is 15.3. The van der Waals surface area contributed by atoms with E-state index in [-0.39, 0.29) is 5.75 Å². The normalized spacial score (nSPS) is 12.6. The second-order valence-corrected chi connectivity index (χ2v) is 10.9. The van der Waals surface area contributed by atoms with Crippen molar-refractivity contribution in [3.63, 3.8) is 0 Å². The molecule has 0 aliphatic rings. The molecule has 178 valence electrons. The maximum atomic E-state index is 13.9. The van der Waals surface area contributed by atoms with Gasteiger partial charge in [-0.25, -0.2) is 18.2 Å². The van der Waals surface area contributed by atoms with Gasteiger partial charge in [0.05, 0.1) is 36.7 Å². The number of halogens is 1. The third-order valence-electron chi connectivity index (χ3n) is 5.34. The Kier molecular flexibility index (Phi) is 6.81. The predicted octanol–water partition coefficient (Wildman–Crippen LogP) is 3.99. The molecule has 0 spiro atoms. The molecule has 2 aromatic carbocycles. The Morgan fingerprint density at radius 1 is 1.09 bits per heavy atom. The minimum atomic E-state index is -3.49. The topological polar surface area (TPSA) is 92.4 Å². The van der Waals surface area contributed by atoms with Crippen molar-refractivity contribution in [2.24, 2.45) is 0 Å². The monoisotopic (exact) mass is 545 g/mol. The smallest absolute Gasteiger partial charge is 0.335 e. The maximum Gasteiger partial charge on any atom is 0.335 e. The molecule has 0 aliphatic heterocycles. The second-order valence-electron chi connectivity index (χ2n) is 7.77. The minimum Gasteiger partial charge on any atom is -0.493 e. The van der Waals surface area contributed by atoms with Crippen LogP contribution in [0.3, 0.4) is 0 Å². The van der Waals surface area contributed by atoms with Crippen LogP contribution in [-0.4, -0.2) is 48.3 Å². The number of para-hydroxylation sites is 1. The molecule has 0 radical (unpaired) electrons. The van der Waals surface area contributed by atoms with Gasteiger partial charge in [0.2, 0.25) is 0 Å². The summed E-state index contributed by atoms with van der Waals surface area (Å²) < 4.78 is 39.7. The number of hydrogen-bond donors (Lipinski definition) is 0. The van der Waals surface area contributed by atoms with Crippen LogP contribution >= 0.6 is 15.9 Å². The first-order chi connectivity index (χ1) is 16.2. The minimum absolute atomic E-state index is 0.295. The first-order valence-electron chi connectivity index (χ1n) is 10.6. The fourth-order valence-electron chi connectivity index (χ4n) is 3.96. The number of aromatic nitrogens is 3. The van der Waals surface area contributed by atoms with Crippen molar-refractivity contribution < 1.29 is 17.9 Å². The molecule has 2 heterocycles. The number of nitrogens with zero attached hydrogens (tertiary/aromatic N) is 3. The summed E-state index contributed by atoms with van der Waals surface area (Å²) in [4.78, 5) is 18.4. The Bertz CT molecular complexity index is 1500. The molecule has 0 aliphatic carbocycles. The highest BCUT2D eigenvalue weighted by Crippen LogP contribution is 2.33. The number of imidazole rings is 1. The van der Waals surface area contributed by atoms with E-state index in [0.29, 0.717) is 45.0 Å². The van der Waals surface area contributed by atoms with Crippen LogP contribution in [-0.2, 0) is 9.84 Å². The van der Waals surface area contributed by atoms with E-state index in [0.717, 1.165) is 6.26 Å². The zero-order valence-corrected chi connectivity index (χ0v) is 21.3. The Hall–Kier alpha value is -3.11. The number of rotatable bonds is 8. The zero-order chi connectivity index (χ0) is 24.5. The van der Waals surface area contributed by atoms with E-state index in [2.05, 4.69) is 20.9 Å². The Morgan fingerprint density at radius 3 is 2.47 bits per heavy atom. The lowest BCUT2D eigenvalue weighted by Crippen LogP contribution is -2.31. The number of hydrogen-bond acceptors (Lipinski definition) is 6. The summed E-state index contributed by atoms with van der Waals surface area (Å²) in [5.74, 6) is 0.692. The van der Waals surface area contributed by atoms with Gasteiger partial charge in [-0.3, -0.25) is 9.13 Å². The average Bonchev–Trinajstić information content (AvgIpc) is 3.08. The van der Waals surface area contributed by atoms with Crippen LogP contribution in [0, 0.1) is 0 Å². The van der Waals surface area contributed by atoms with Gasteiger partial charge < -0.3 is 9.47 Å². The Balaban J connectivity index is 2.03. The fourth-order valence-corrected chi connectivity index (χ4v) is 5.19. The summed E-state index contributed by atoms with van der Waals surface area (Å²) in [5.41, 5.74) is 1.78. The van der Waals surface area contributed by atoms with Crippen molar-refractivity contribution in [1.82, 2.24) is 14.1 Å². The number of fused-ring (bicyclic) bond motifs is 1. The zero-order valence-electron chi connectivity index (χ0n) is 18.9. The molecular formula is C24H24BrN3O5S. The van der Waals surface area contributed by atoms with E-state index < -0.39 is 21.6 Å². The van der Waals surface area contributed by atoms with Gasteiger partial charge in [0.25, 0.3) is 0 Å². The van der Waals surface area contributed by atoms with Crippen LogP contribution in [0.15, 0.2) is 70.1 Å². The largest absolute Gasteiger partial charge is 0.493 e. The lowest BCUT2D eigenvalue weighted by Gasteiger charge is -2.20. The molecular weight excluding hydrogens is 522 g/mol. The van der Waals surface area contributed by atoms with Crippen molar-refractivity contribution in [2.45, 2.75) is 13.0 Å². The summed E-state index contributed by atoms with van der Waals surface area (Å²) in [6.45, 7) is 2.25. The van der Waals surface area contributed by atoms with Crippen LogP contribution in [0.1, 0.15) is 18.5 Å². The van der Waals surface area contributed by atoms with Gasteiger partial charge in [0, 0.05) is 16.9 Å². The van der Waals surface area contributed by atoms with Gasteiger partial charge in [-0.2, -0.15) is 0 Å².